The molecule has 3 rings (SSSR count). The number of fused-ring (bicyclic) bond motifs is 1. The Morgan fingerprint density at radius 3 is 3.08 bits per heavy atom. The number of nitrogens with one attached hydrogen (secondary N) is 1. The van der Waals surface area contributed by atoms with Crippen molar-refractivity contribution in [2.75, 3.05) is 20.4 Å². The number of ether oxygens (including phenoxy) is 2. The summed E-state index contributed by atoms with van der Waals surface area (Å²) in [5.74, 6) is 1.03. The first-order valence-corrected chi connectivity index (χ1v) is 8.08. The summed E-state index contributed by atoms with van der Waals surface area (Å²) in [6.07, 6.45) is 1.53. The average Bonchev–Trinajstić information content (AvgIpc) is 3.11. The van der Waals surface area contributed by atoms with Crippen molar-refractivity contribution in [3.8, 4) is 5.75 Å². The highest BCUT2D eigenvalue weighted by Gasteiger charge is 2.17. The standard InChI is InChI=1S/C17H21FN4O3/c1-3-19-17(22(2)9-15-4-5-25-21-15)20-8-12-6-14(18)7-13-10-23-11-24-16(12)13/h4-7H,3,8-11H2,1-2H3,(H,19,20). The molecule has 134 valence electrons. The molecular formula is C17H21FN4O3. The van der Waals surface area contributed by atoms with Crippen LogP contribution in [0.5, 0.6) is 5.75 Å². The van der Waals surface area contributed by atoms with Crippen LogP contribution in [0.3, 0.4) is 0 Å². The minimum atomic E-state index is -0.320. The monoisotopic (exact) mass is 348 g/mol. The zero-order chi connectivity index (χ0) is 17.6. The lowest BCUT2D eigenvalue weighted by molar-refractivity contribution is -0.0172. The minimum Gasteiger partial charge on any atom is -0.467 e. The first-order chi connectivity index (χ1) is 12.2. The molecule has 1 aromatic heterocycles. The first kappa shape index (κ1) is 17.2. The van der Waals surface area contributed by atoms with Gasteiger partial charge in [0.1, 0.15) is 23.5 Å². The van der Waals surface area contributed by atoms with Crippen molar-refractivity contribution >= 4 is 5.96 Å². The molecule has 0 saturated heterocycles. The number of halogens is 1. The summed E-state index contributed by atoms with van der Waals surface area (Å²) in [6.45, 7) is 4.06. The van der Waals surface area contributed by atoms with Crippen LogP contribution in [-0.2, 0) is 24.4 Å². The van der Waals surface area contributed by atoms with Gasteiger partial charge in [-0.05, 0) is 19.1 Å². The van der Waals surface area contributed by atoms with E-state index in [9.17, 15) is 4.39 Å². The van der Waals surface area contributed by atoms with Crippen LogP contribution in [0, 0.1) is 5.82 Å². The highest BCUT2D eigenvalue weighted by Crippen LogP contribution is 2.29. The van der Waals surface area contributed by atoms with Crippen LogP contribution in [0.1, 0.15) is 23.7 Å². The molecule has 2 heterocycles. The predicted octanol–water partition coefficient (Wildman–Crippen LogP) is 2.28. The third kappa shape index (κ3) is 4.27. The van der Waals surface area contributed by atoms with E-state index >= 15 is 0 Å². The lowest BCUT2D eigenvalue weighted by Gasteiger charge is -2.22. The second kappa shape index (κ2) is 7.98. The van der Waals surface area contributed by atoms with Gasteiger partial charge >= 0.3 is 0 Å². The summed E-state index contributed by atoms with van der Waals surface area (Å²) in [6, 6.07) is 4.69. The zero-order valence-electron chi connectivity index (χ0n) is 14.3. The summed E-state index contributed by atoms with van der Waals surface area (Å²) < 4.78 is 29.4. The van der Waals surface area contributed by atoms with Gasteiger partial charge in [-0.2, -0.15) is 0 Å². The number of guanidine groups is 1. The number of nitrogens with zero attached hydrogens (tertiary/aromatic N) is 3. The van der Waals surface area contributed by atoms with E-state index in [1.165, 1.54) is 18.4 Å². The van der Waals surface area contributed by atoms with Gasteiger partial charge in [0.25, 0.3) is 0 Å². The van der Waals surface area contributed by atoms with Crippen LogP contribution in [0.4, 0.5) is 4.39 Å². The van der Waals surface area contributed by atoms with Crippen LogP contribution < -0.4 is 10.1 Å². The molecule has 25 heavy (non-hydrogen) atoms. The molecule has 0 saturated carbocycles. The van der Waals surface area contributed by atoms with Gasteiger partial charge in [-0.25, -0.2) is 9.38 Å². The van der Waals surface area contributed by atoms with E-state index in [2.05, 4.69) is 15.5 Å². The molecule has 1 aliphatic heterocycles. The van der Waals surface area contributed by atoms with E-state index in [4.69, 9.17) is 14.0 Å². The molecule has 0 amide bonds. The van der Waals surface area contributed by atoms with Crippen molar-refractivity contribution in [1.82, 2.24) is 15.4 Å². The van der Waals surface area contributed by atoms with Crippen molar-refractivity contribution in [3.05, 3.63) is 47.1 Å². The second-order valence-corrected chi connectivity index (χ2v) is 5.68. The molecular weight excluding hydrogens is 327 g/mol. The van der Waals surface area contributed by atoms with Gasteiger partial charge < -0.3 is 24.2 Å². The van der Waals surface area contributed by atoms with E-state index < -0.39 is 0 Å². The highest BCUT2D eigenvalue weighted by molar-refractivity contribution is 5.79. The lowest BCUT2D eigenvalue weighted by Crippen LogP contribution is -2.38. The van der Waals surface area contributed by atoms with Crippen molar-refractivity contribution in [2.45, 2.75) is 26.6 Å². The Balaban J connectivity index is 1.78. The zero-order valence-corrected chi connectivity index (χ0v) is 14.3. The number of aromatic nitrogens is 1. The van der Waals surface area contributed by atoms with Gasteiger partial charge in [-0.1, -0.05) is 5.16 Å². The fourth-order valence-electron chi connectivity index (χ4n) is 2.64. The van der Waals surface area contributed by atoms with Crippen LogP contribution in [-0.4, -0.2) is 36.4 Å². The van der Waals surface area contributed by atoms with Gasteiger partial charge in [-0.15, -0.1) is 0 Å². The fraction of sp³-hybridized carbons (Fsp3) is 0.412. The molecule has 8 heteroatoms. The van der Waals surface area contributed by atoms with E-state index in [0.29, 0.717) is 49.1 Å². The Morgan fingerprint density at radius 2 is 2.32 bits per heavy atom. The number of hydrogen-bond donors (Lipinski definition) is 1. The smallest absolute Gasteiger partial charge is 0.194 e. The maximum absolute atomic E-state index is 13.8. The molecule has 7 nitrogen and oxygen atoms in total. The SMILES string of the molecule is CCNC(=NCc1cc(F)cc2c1OCOC2)N(C)Cc1ccon1. The Kier molecular flexibility index (Phi) is 5.49. The molecule has 0 atom stereocenters. The van der Waals surface area contributed by atoms with E-state index in [-0.39, 0.29) is 12.6 Å². The molecule has 0 bridgehead atoms. The van der Waals surface area contributed by atoms with Crippen LogP contribution in [0.25, 0.3) is 0 Å². The van der Waals surface area contributed by atoms with Crippen LogP contribution >= 0.6 is 0 Å². The van der Waals surface area contributed by atoms with Crippen molar-refractivity contribution in [2.24, 2.45) is 4.99 Å². The molecule has 0 unspecified atom stereocenters. The van der Waals surface area contributed by atoms with Crippen molar-refractivity contribution in [3.63, 3.8) is 0 Å². The maximum Gasteiger partial charge on any atom is 0.194 e. The first-order valence-electron chi connectivity index (χ1n) is 8.08. The van der Waals surface area contributed by atoms with Crippen molar-refractivity contribution in [1.29, 1.82) is 0 Å². The van der Waals surface area contributed by atoms with E-state index in [0.717, 1.165) is 5.69 Å². The van der Waals surface area contributed by atoms with E-state index in [1.54, 1.807) is 6.07 Å². The topological polar surface area (TPSA) is 72.1 Å². The average molecular weight is 348 g/mol. The molecule has 1 aromatic carbocycles. The summed E-state index contributed by atoms with van der Waals surface area (Å²) in [5, 5.41) is 7.12. The molecule has 0 spiro atoms. The van der Waals surface area contributed by atoms with Gasteiger partial charge in [0.05, 0.1) is 19.7 Å². The number of benzene rings is 1. The third-order valence-electron chi connectivity index (χ3n) is 3.74. The molecule has 0 radical (unpaired) electrons. The highest BCUT2D eigenvalue weighted by atomic mass is 19.1. The Labute approximate surface area is 145 Å². The van der Waals surface area contributed by atoms with Gasteiger partial charge in [0, 0.05) is 30.8 Å². The normalized spacial score (nSPS) is 14.0. The number of hydrogen-bond acceptors (Lipinski definition) is 5. The summed E-state index contributed by atoms with van der Waals surface area (Å²) in [7, 11) is 1.90. The van der Waals surface area contributed by atoms with Gasteiger partial charge in [-0.3, -0.25) is 0 Å². The second-order valence-electron chi connectivity index (χ2n) is 5.68. The van der Waals surface area contributed by atoms with Gasteiger partial charge in [0.15, 0.2) is 12.8 Å². The molecule has 0 aliphatic carbocycles. The fourth-order valence-corrected chi connectivity index (χ4v) is 2.64. The number of rotatable bonds is 5. The molecule has 2 aromatic rings. The Morgan fingerprint density at radius 1 is 1.44 bits per heavy atom. The van der Waals surface area contributed by atoms with E-state index in [1.807, 2.05) is 18.9 Å². The molecule has 0 fully saturated rings. The van der Waals surface area contributed by atoms with Crippen molar-refractivity contribution < 1.29 is 18.4 Å². The van der Waals surface area contributed by atoms with Crippen LogP contribution in [0.2, 0.25) is 0 Å². The quantitative estimate of drug-likeness (QED) is 0.660. The lowest BCUT2D eigenvalue weighted by atomic mass is 10.1. The predicted molar refractivity (Wildman–Crippen MR) is 89.5 cm³/mol. The molecule has 1 aliphatic rings. The largest absolute Gasteiger partial charge is 0.467 e. The van der Waals surface area contributed by atoms with Crippen LogP contribution in [0.15, 0.2) is 34.0 Å². The number of aliphatic imine (C=N–C) groups is 1. The maximum atomic E-state index is 13.8. The summed E-state index contributed by atoms with van der Waals surface area (Å²) >= 11 is 0. The van der Waals surface area contributed by atoms with Gasteiger partial charge in [0.2, 0.25) is 0 Å². The molecule has 1 N–H and O–H groups in total. The summed E-state index contributed by atoms with van der Waals surface area (Å²) in [5.41, 5.74) is 2.21. The Bertz CT molecular complexity index is 734. The minimum absolute atomic E-state index is 0.168. The third-order valence-corrected chi connectivity index (χ3v) is 3.74. The Hall–Kier alpha value is -2.61. The summed E-state index contributed by atoms with van der Waals surface area (Å²) in [4.78, 5) is 6.53.